The zero-order valence-electron chi connectivity index (χ0n) is 18.1. The molecule has 0 aliphatic carbocycles. The number of hydrogen-bond donors (Lipinski definition) is 2. The van der Waals surface area contributed by atoms with E-state index in [1.54, 1.807) is 35.8 Å². The fourth-order valence-corrected chi connectivity index (χ4v) is 3.36. The number of aliphatic carboxylic acids is 1. The largest absolute Gasteiger partial charge is 0.490 e. The number of alkyl halides is 6. The Hall–Kier alpha value is -4.10. The predicted molar refractivity (Wildman–Crippen MR) is 111 cm³/mol. The zero-order chi connectivity index (χ0) is 26.1. The quantitative estimate of drug-likeness (QED) is 0.413. The highest BCUT2D eigenvalue weighted by molar-refractivity contribution is 5.98. The molecule has 0 radical (unpaired) electrons. The van der Waals surface area contributed by atoms with Crippen LogP contribution < -0.4 is 5.32 Å². The number of carbonyl (C=O) groups is 2. The molecular weight excluding hydrogens is 484 g/mol. The van der Waals surface area contributed by atoms with Crippen LogP contribution in [-0.2, 0) is 17.5 Å². The Labute approximate surface area is 192 Å². The van der Waals surface area contributed by atoms with Gasteiger partial charge in [0.2, 0.25) is 0 Å². The van der Waals surface area contributed by atoms with Crippen LogP contribution in [0.4, 0.5) is 26.3 Å². The third kappa shape index (κ3) is 5.36. The smallest absolute Gasteiger partial charge is 0.475 e. The molecule has 14 heteroatoms. The Morgan fingerprint density at radius 1 is 1.00 bits per heavy atom. The normalized spacial score (nSPS) is 11.9. The van der Waals surface area contributed by atoms with Crippen molar-refractivity contribution >= 4 is 28.6 Å². The van der Waals surface area contributed by atoms with Gasteiger partial charge in [0, 0.05) is 13.6 Å². The molecule has 35 heavy (non-hydrogen) atoms. The standard InChI is InChI=1S/C19H16F3N5O.C2HF3O2/c1-11-24-25-17-7-6-14-15(27(11)17)9-16(18(28)23-2)26(14)10-12-4-3-5-13(8-12)19(20,21)22;3-2(4,5)1(6)7/h3-9H,10H2,1-2H3,(H,23,28);(H,6,7). The van der Waals surface area contributed by atoms with Gasteiger partial charge in [-0.15, -0.1) is 10.2 Å². The fourth-order valence-electron chi connectivity index (χ4n) is 3.36. The number of halogens is 6. The third-order valence-electron chi connectivity index (χ3n) is 4.90. The predicted octanol–water partition coefficient (Wildman–Crippen LogP) is 4.05. The van der Waals surface area contributed by atoms with Crippen LogP contribution in [0.1, 0.15) is 27.4 Å². The molecule has 0 fully saturated rings. The first kappa shape index (κ1) is 25.5. The summed E-state index contributed by atoms with van der Waals surface area (Å²) in [7, 11) is 1.51. The van der Waals surface area contributed by atoms with E-state index >= 15 is 0 Å². The van der Waals surface area contributed by atoms with E-state index < -0.39 is 23.9 Å². The van der Waals surface area contributed by atoms with E-state index in [1.807, 2.05) is 4.40 Å². The van der Waals surface area contributed by atoms with Crippen LogP contribution in [0.3, 0.4) is 0 Å². The van der Waals surface area contributed by atoms with Gasteiger partial charge < -0.3 is 15.0 Å². The number of fused-ring (bicyclic) bond motifs is 3. The van der Waals surface area contributed by atoms with Gasteiger partial charge in [-0.3, -0.25) is 9.20 Å². The van der Waals surface area contributed by atoms with Gasteiger partial charge in [0.25, 0.3) is 5.91 Å². The number of carboxylic acid groups (broad SMARTS) is 1. The molecule has 3 heterocycles. The van der Waals surface area contributed by atoms with Crippen molar-refractivity contribution in [3.63, 3.8) is 0 Å². The summed E-state index contributed by atoms with van der Waals surface area (Å²) in [6, 6.07) is 10.4. The minimum Gasteiger partial charge on any atom is -0.475 e. The zero-order valence-corrected chi connectivity index (χ0v) is 18.1. The highest BCUT2D eigenvalue weighted by Crippen LogP contribution is 2.30. The van der Waals surface area contributed by atoms with Crippen LogP contribution in [0, 0.1) is 6.92 Å². The number of nitrogens with one attached hydrogen (secondary N) is 1. The lowest BCUT2D eigenvalue weighted by Gasteiger charge is -2.12. The Kier molecular flexibility index (Phi) is 6.76. The number of carbonyl (C=O) groups excluding carboxylic acids is 1. The molecule has 1 amide bonds. The Morgan fingerprint density at radius 3 is 2.23 bits per heavy atom. The number of carboxylic acids is 1. The number of amides is 1. The van der Waals surface area contributed by atoms with E-state index in [0.717, 1.165) is 12.1 Å². The van der Waals surface area contributed by atoms with Crippen molar-refractivity contribution in [3.8, 4) is 0 Å². The van der Waals surface area contributed by atoms with Crippen molar-refractivity contribution in [2.45, 2.75) is 25.8 Å². The third-order valence-corrected chi connectivity index (χ3v) is 4.90. The average Bonchev–Trinajstić information content (AvgIpc) is 3.33. The summed E-state index contributed by atoms with van der Waals surface area (Å²) in [5.74, 6) is -2.44. The van der Waals surface area contributed by atoms with Crippen molar-refractivity contribution in [3.05, 3.63) is 65.1 Å². The van der Waals surface area contributed by atoms with Gasteiger partial charge in [0.05, 0.1) is 16.6 Å². The van der Waals surface area contributed by atoms with Gasteiger partial charge in [0.1, 0.15) is 11.5 Å². The van der Waals surface area contributed by atoms with Gasteiger partial charge in [-0.2, -0.15) is 26.3 Å². The molecular formula is C21H17F6N5O3. The molecule has 0 aliphatic rings. The lowest BCUT2D eigenvalue weighted by molar-refractivity contribution is -0.192. The average molecular weight is 501 g/mol. The van der Waals surface area contributed by atoms with E-state index in [1.165, 1.54) is 13.1 Å². The highest BCUT2D eigenvalue weighted by atomic mass is 19.4. The van der Waals surface area contributed by atoms with Crippen molar-refractivity contribution in [1.29, 1.82) is 0 Å². The molecule has 4 aromatic rings. The van der Waals surface area contributed by atoms with Crippen LogP contribution in [0.5, 0.6) is 0 Å². The molecule has 186 valence electrons. The number of rotatable bonds is 3. The molecule has 0 atom stereocenters. The highest BCUT2D eigenvalue weighted by Gasteiger charge is 2.38. The number of nitrogens with zero attached hydrogens (tertiary/aromatic N) is 4. The van der Waals surface area contributed by atoms with Crippen LogP contribution in [-0.4, -0.2) is 49.4 Å². The molecule has 4 rings (SSSR count). The summed E-state index contributed by atoms with van der Waals surface area (Å²) >= 11 is 0. The first-order valence-corrected chi connectivity index (χ1v) is 9.76. The number of hydrogen-bond acceptors (Lipinski definition) is 4. The van der Waals surface area contributed by atoms with Crippen LogP contribution in [0.25, 0.3) is 16.7 Å². The summed E-state index contributed by atoms with van der Waals surface area (Å²) in [5, 5.41) is 17.8. The molecule has 0 aliphatic heterocycles. The number of aromatic nitrogens is 4. The minimum absolute atomic E-state index is 0.114. The number of aryl methyl sites for hydroxylation is 1. The second-order valence-electron chi connectivity index (χ2n) is 7.24. The van der Waals surface area contributed by atoms with Crippen LogP contribution in [0.15, 0.2) is 42.5 Å². The van der Waals surface area contributed by atoms with Crippen molar-refractivity contribution in [1.82, 2.24) is 24.5 Å². The van der Waals surface area contributed by atoms with Gasteiger partial charge in [0.15, 0.2) is 5.65 Å². The number of pyridine rings is 1. The SMILES string of the molecule is CNC(=O)c1cc2c(ccc3nnc(C)n32)n1Cc1cccc(C(F)(F)F)c1.O=C(O)C(F)(F)F. The Bertz CT molecular complexity index is 1400. The van der Waals surface area contributed by atoms with E-state index in [-0.39, 0.29) is 12.5 Å². The van der Waals surface area contributed by atoms with Crippen molar-refractivity contribution in [2.24, 2.45) is 0 Å². The maximum Gasteiger partial charge on any atom is 0.490 e. The van der Waals surface area contributed by atoms with E-state index in [0.29, 0.717) is 33.8 Å². The van der Waals surface area contributed by atoms with E-state index in [2.05, 4.69) is 15.5 Å². The minimum atomic E-state index is -5.08. The summed E-state index contributed by atoms with van der Waals surface area (Å²) in [6.45, 7) is 1.91. The molecule has 0 bridgehead atoms. The summed E-state index contributed by atoms with van der Waals surface area (Å²) in [5.41, 5.74) is 2.11. The monoisotopic (exact) mass is 501 g/mol. The lowest BCUT2D eigenvalue weighted by atomic mass is 10.1. The van der Waals surface area contributed by atoms with Crippen LogP contribution in [0.2, 0.25) is 0 Å². The van der Waals surface area contributed by atoms with Gasteiger partial charge >= 0.3 is 18.3 Å². The van der Waals surface area contributed by atoms with Crippen molar-refractivity contribution < 1.29 is 41.0 Å². The van der Waals surface area contributed by atoms with Gasteiger partial charge in [-0.05, 0) is 42.8 Å². The topological polar surface area (TPSA) is 102 Å². The first-order chi connectivity index (χ1) is 16.2. The molecule has 0 spiro atoms. The van der Waals surface area contributed by atoms with Gasteiger partial charge in [-0.25, -0.2) is 4.79 Å². The molecule has 0 unspecified atom stereocenters. The van der Waals surface area contributed by atoms with Crippen LogP contribution >= 0.6 is 0 Å². The van der Waals surface area contributed by atoms with E-state index in [9.17, 15) is 31.1 Å². The second kappa shape index (κ2) is 9.27. The first-order valence-electron chi connectivity index (χ1n) is 9.76. The Balaban J connectivity index is 0.000000429. The molecule has 3 aromatic heterocycles. The maximum atomic E-state index is 13.1. The molecule has 2 N–H and O–H groups in total. The Morgan fingerprint density at radius 2 is 1.66 bits per heavy atom. The maximum absolute atomic E-state index is 13.1. The molecule has 8 nitrogen and oxygen atoms in total. The van der Waals surface area contributed by atoms with E-state index in [4.69, 9.17) is 9.90 Å². The summed E-state index contributed by atoms with van der Waals surface area (Å²) in [6.07, 6.45) is -9.51. The summed E-state index contributed by atoms with van der Waals surface area (Å²) < 4.78 is 74.4. The molecule has 1 aromatic carbocycles. The second-order valence-corrected chi connectivity index (χ2v) is 7.24. The molecule has 0 saturated carbocycles. The molecule has 0 saturated heterocycles. The lowest BCUT2D eigenvalue weighted by Crippen LogP contribution is -2.22. The summed E-state index contributed by atoms with van der Waals surface area (Å²) in [4.78, 5) is 21.3. The van der Waals surface area contributed by atoms with Gasteiger partial charge in [-0.1, -0.05) is 12.1 Å². The fraction of sp³-hybridized carbons (Fsp3) is 0.238. The van der Waals surface area contributed by atoms with Crippen molar-refractivity contribution in [2.75, 3.05) is 7.05 Å². The number of benzene rings is 1.